The molecule has 0 aromatic carbocycles. The third-order valence-electron chi connectivity index (χ3n) is 7.60. The van der Waals surface area contributed by atoms with E-state index in [1.54, 1.807) is 0 Å². The Labute approximate surface area is 121 Å². The van der Waals surface area contributed by atoms with Crippen molar-refractivity contribution in [2.45, 2.75) is 80.6 Å². The zero-order valence-corrected chi connectivity index (χ0v) is 14.4. The van der Waals surface area contributed by atoms with E-state index in [0.29, 0.717) is 0 Å². The summed E-state index contributed by atoms with van der Waals surface area (Å²) < 4.78 is 0. The van der Waals surface area contributed by atoms with Crippen molar-refractivity contribution in [2.75, 3.05) is 0 Å². The molecule has 0 saturated heterocycles. The Morgan fingerprint density at radius 1 is 1.00 bits per heavy atom. The second-order valence-electron chi connectivity index (χ2n) is 8.44. The Morgan fingerprint density at radius 2 is 1.58 bits per heavy atom. The molecule has 2 aliphatic rings. The van der Waals surface area contributed by atoms with Crippen molar-refractivity contribution >= 4 is 0 Å². The fourth-order valence-corrected chi connectivity index (χ4v) is 5.70. The summed E-state index contributed by atoms with van der Waals surface area (Å²) in [7, 11) is 0. The van der Waals surface area contributed by atoms with Gasteiger partial charge in [0.2, 0.25) is 0 Å². The lowest BCUT2D eigenvalue weighted by Crippen LogP contribution is -2.18. The van der Waals surface area contributed by atoms with Gasteiger partial charge in [-0.15, -0.1) is 0 Å². The van der Waals surface area contributed by atoms with E-state index in [-0.39, 0.29) is 0 Å². The fraction of sp³-hybridized carbons (Fsp3) is 1.00. The van der Waals surface area contributed by atoms with Crippen molar-refractivity contribution in [3.8, 4) is 0 Å². The van der Waals surface area contributed by atoms with E-state index >= 15 is 0 Å². The lowest BCUT2D eigenvalue weighted by atomic mass is 9.78. The highest BCUT2D eigenvalue weighted by Gasteiger charge is 2.89. The fourth-order valence-electron chi connectivity index (χ4n) is 5.70. The summed E-state index contributed by atoms with van der Waals surface area (Å²) in [6.07, 6.45) is 7.20. The standard InChI is InChI=1S/C19H36/c1-8-10-14(4)16(13(2)3)11-9-12-17-18(6)15(5)19(17,18)7/h13-17H,8-12H2,1-7H3. The third kappa shape index (κ3) is 2.18. The molecule has 19 heavy (non-hydrogen) atoms. The molecule has 0 aliphatic heterocycles. The van der Waals surface area contributed by atoms with Crippen LogP contribution < -0.4 is 0 Å². The van der Waals surface area contributed by atoms with Gasteiger partial charge in [0.05, 0.1) is 0 Å². The molecule has 4 atom stereocenters. The Balaban J connectivity index is 1.73. The Kier molecular flexibility index (Phi) is 4.11. The first-order chi connectivity index (χ1) is 8.81. The van der Waals surface area contributed by atoms with E-state index in [1.807, 2.05) is 0 Å². The van der Waals surface area contributed by atoms with Crippen LogP contribution in [0.2, 0.25) is 0 Å². The van der Waals surface area contributed by atoms with Gasteiger partial charge in [-0.1, -0.05) is 67.7 Å². The van der Waals surface area contributed by atoms with Crippen molar-refractivity contribution in [1.29, 1.82) is 0 Å². The Hall–Kier alpha value is 0. The summed E-state index contributed by atoms with van der Waals surface area (Å²) in [6.45, 7) is 17.2. The number of rotatable bonds is 8. The van der Waals surface area contributed by atoms with Crippen LogP contribution in [0.1, 0.15) is 80.6 Å². The third-order valence-corrected chi connectivity index (χ3v) is 7.60. The molecule has 0 nitrogen and oxygen atoms in total. The molecule has 2 fully saturated rings. The predicted octanol–water partition coefficient (Wildman–Crippen LogP) is 6.16. The van der Waals surface area contributed by atoms with Gasteiger partial charge in [0.1, 0.15) is 0 Å². The highest BCUT2D eigenvalue weighted by Crippen LogP contribution is 2.94. The van der Waals surface area contributed by atoms with E-state index in [4.69, 9.17) is 0 Å². The molecule has 2 rings (SSSR count). The summed E-state index contributed by atoms with van der Waals surface area (Å²) in [5.74, 6) is 4.80. The molecule has 0 heterocycles. The minimum Gasteiger partial charge on any atom is -0.0654 e. The van der Waals surface area contributed by atoms with Crippen LogP contribution in [0.4, 0.5) is 0 Å². The minimum absolute atomic E-state index is 0.745. The molecule has 112 valence electrons. The summed E-state index contributed by atoms with van der Waals surface area (Å²) in [4.78, 5) is 0. The molecule has 0 aromatic rings. The van der Waals surface area contributed by atoms with Gasteiger partial charge < -0.3 is 0 Å². The van der Waals surface area contributed by atoms with E-state index in [9.17, 15) is 0 Å². The summed E-state index contributed by atoms with van der Waals surface area (Å²) >= 11 is 0. The monoisotopic (exact) mass is 264 g/mol. The van der Waals surface area contributed by atoms with Crippen LogP contribution >= 0.6 is 0 Å². The first kappa shape index (κ1) is 15.4. The molecule has 4 unspecified atom stereocenters. The molecule has 0 N–H and O–H groups in total. The van der Waals surface area contributed by atoms with Crippen LogP contribution in [-0.4, -0.2) is 0 Å². The largest absolute Gasteiger partial charge is 0.0654 e. The lowest BCUT2D eigenvalue weighted by molar-refractivity contribution is 0.225. The van der Waals surface area contributed by atoms with Crippen molar-refractivity contribution in [3.05, 3.63) is 0 Å². The van der Waals surface area contributed by atoms with Gasteiger partial charge in [0, 0.05) is 0 Å². The maximum absolute atomic E-state index is 2.53. The zero-order valence-electron chi connectivity index (χ0n) is 14.4. The Bertz CT molecular complexity index is 302. The Morgan fingerprint density at radius 3 is 2.00 bits per heavy atom. The van der Waals surface area contributed by atoms with Crippen LogP contribution in [0.5, 0.6) is 0 Å². The minimum atomic E-state index is 0.745. The predicted molar refractivity (Wildman–Crippen MR) is 85.1 cm³/mol. The van der Waals surface area contributed by atoms with Crippen LogP contribution in [-0.2, 0) is 0 Å². The average molecular weight is 264 g/mol. The van der Waals surface area contributed by atoms with Gasteiger partial charge in [0.15, 0.2) is 0 Å². The molecule has 0 aromatic heterocycles. The highest BCUT2D eigenvalue weighted by atomic mass is 14.9. The van der Waals surface area contributed by atoms with Crippen molar-refractivity contribution in [1.82, 2.24) is 0 Å². The summed E-state index contributed by atoms with van der Waals surface area (Å²) in [5.41, 5.74) is 1.49. The van der Waals surface area contributed by atoms with Gasteiger partial charge >= 0.3 is 0 Å². The maximum Gasteiger partial charge on any atom is -0.0201 e. The number of fused-ring (bicyclic) bond motifs is 1. The molecular weight excluding hydrogens is 228 g/mol. The average Bonchev–Trinajstić information content (AvgIpc) is 3.01. The molecule has 0 heteroatoms. The van der Waals surface area contributed by atoms with E-state index in [0.717, 1.165) is 40.4 Å². The van der Waals surface area contributed by atoms with E-state index in [1.165, 1.54) is 32.1 Å². The van der Waals surface area contributed by atoms with Crippen molar-refractivity contribution in [2.24, 2.45) is 40.4 Å². The molecule has 2 saturated carbocycles. The molecule has 0 radical (unpaired) electrons. The van der Waals surface area contributed by atoms with Crippen LogP contribution in [0, 0.1) is 40.4 Å². The summed E-state index contributed by atoms with van der Waals surface area (Å²) in [6, 6.07) is 0. The molecule has 0 bridgehead atoms. The van der Waals surface area contributed by atoms with Crippen LogP contribution in [0.15, 0.2) is 0 Å². The van der Waals surface area contributed by atoms with Gasteiger partial charge in [-0.25, -0.2) is 0 Å². The molecule has 2 aliphatic carbocycles. The number of hydrogen-bond donors (Lipinski definition) is 0. The summed E-state index contributed by atoms with van der Waals surface area (Å²) in [5, 5.41) is 0. The highest BCUT2D eigenvalue weighted by molar-refractivity contribution is 5.36. The van der Waals surface area contributed by atoms with Gasteiger partial charge in [-0.05, 0) is 53.3 Å². The smallest absolute Gasteiger partial charge is 0.0201 e. The topological polar surface area (TPSA) is 0 Å². The quantitative estimate of drug-likeness (QED) is 0.492. The normalized spacial score (nSPS) is 42.9. The van der Waals surface area contributed by atoms with Crippen molar-refractivity contribution in [3.63, 3.8) is 0 Å². The molecule has 0 spiro atoms. The second-order valence-corrected chi connectivity index (χ2v) is 8.44. The zero-order chi connectivity index (χ0) is 14.4. The van der Waals surface area contributed by atoms with Gasteiger partial charge in [-0.3, -0.25) is 0 Å². The van der Waals surface area contributed by atoms with Gasteiger partial charge in [0.25, 0.3) is 0 Å². The van der Waals surface area contributed by atoms with E-state index < -0.39 is 0 Å². The van der Waals surface area contributed by atoms with Crippen LogP contribution in [0.25, 0.3) is 0 Å². The number of hydrogen-bond acceptors (Lipinski definition) is 0. The van der Waals surface area contributed by atoms with Gasteiger partial charge in [-0.2, -0.15) is 0 Å². The SMILES string of the molecule is CCCC(C)C(CCCC1C2(C)C(C)C12C)C(C)C. The maximum atomic E-state index is 2.53. The second kappa shape index (κ2) is 5.08. The first-order valence-electron chi connectivity index (χ1n) is 8.81. The van der Waals surface area contributed by atoms with Crippen LogP contribution in [0.3, 0.4) is 0 Å². The first-order valence-corrected chi connectivity index (χ1v) is 8.81. The molecular formula is C19H36. The lowest BCUT2D eigenvalue weighted by Gasteiger charge is -2.28. The molecule has 0 amide bonds. The van der Waals surface area contributed by atoms with Crippen molar-refractivity contribution < 1.29 is 0 Å². The van der Waals surface area contributed by atoms with E-state index in [2.05, 4.69) is 48.5 Å².